The van der Waals surface area contributed by atoms with Crippen LogP contribution in [0.5, 0.6) is 0 Å². The lowest BCUT2D eigenvalue weighted by atomic mass is 9.82. The Hall–Kier alpha value is -1.59. The minimum Gasteiger partial charge on any atom is -0.340 e. The van der Waals surface area contributed by atoms with E-state index in [2.05, 4.69) is 36.5 Å². The molecule has 1 aromatic carbocycles. The van der Waals surface area contributed by atoms with Crippen LogP contribution in [0.25, 0.3) is 0 Å². The highest BCUT2D eigenvalue weighted by atomic mass is 35.5. The number of aryl methyl sites for hydroxylation is 1. The fourth-order valence-corrected chi connectivity index (χ4v) is 3.89. The van der Waals surface area contributed by atoms with Crippen molar-refractivity contribution < 1.29 is 9.59 Å². The molecule has 0 saturated carbocycles. The van der Waals surface area contributed by atoms with Crippen LogP contribution >= 0.6 is 12.4 Å². The fourth-order valence-electron chi connectivity index (χ4n) is 3.89. The van der Waals surface area contributed by atoms with Crippen LogP contribution in [-0.2, 0) is 15.0 Å². The van der Waals surface area contributed by atoms with Gasteiger partial charge in [0.15, 0.2) is 0 Å². The minimum atomic E-state index is -0.553. The monoisotopic (exact) mass is 379 g/mol. The van der Waals surface area contributed by atoms with Crippen molar-refractivity contribution in [3.63, 3.8) is 0 Å². The molecule has 0 aliphatic carbocycles. The Kier molecular flexibility index (Phi) is 6.69. The van der Waals surface area contributed by atoms with Gasteiger partial charge in [0.05, 0.1) is 12.0 Å². The first kappa shape index (κ1) is 20.7. The highest BCUT2D eigenvalue weighted by molar-refractivity contribution is 5.87. The number of amides is 2. The summed E-state index contributed by atoms with van der Waals surface area (Å²) in [6.07, 6.45) is 1.94. The first-order valence-corrected chi connectivity index (χ1v) is 9.26. The summed E-state index contributed by atoms with van der Waals surface area (Å²) >= 11 is 0. The van der Waals surface area contributed by atoms with E-state index in [0.29, 0.717) is 13.1 Å². The minimum absolute atomic E-state index is 0. The van der Waals surface area contributed by atoms with Gasteiger partial charge < -0.3 is 15.1 Å². The van der Waals surface area contributed by atoms with Crippen LogP contribution < -0.4 is 5.32 Å². The van der Waals surface area contributed by atoms with E-state index >= 15 is 0 Å². The smallest absolute Gasteiger partial charge is 0.236 e. The number of nitrogens with one attached hydrogen (secondary N) is 1. The summed E-state index contributed by atoms with van der Waals surface area (Å²) in [4.78, 5) is 29.3. The highest BCUT2D eigenvalue weighted by Crippen LogP contribution is 2.28. The molecule has 3 rings (SSSR count). The second kappa shape index (κ2) is 8.40. The summed E-state index contributed by atoms with van der Waals surface area (Å²) in [7, 11) is 0. The van der Waals surface area contributed by atoms with Crippen molar-refractivity contribution >= 4 is 24.2 Å². The van der Waals surface area contributed by atoms with Crippen molar-refractivity contribution in [3.05, 3.63) is 35.4 Å². The standard InChI is InChI=1S/C20H29N3O2.ClH/c1-15-6-8-16(9-7-15)20(2,3)19(25)22-11-4-5-17(14-22)23-12-10-21-13-18(23)24;/h6-9,17,21H,4-5,10-14H2,1-3H3;1H. The molecule has 1 N–H and O–H groups in total. The van der Waals surface area contributed by atoms with Crippen molar-refractivity contribution in [3.8, 4) is 0 Å². The van der Waals surface area contributed by atoms with Crippen LogP contribution in [-0.4, -0.2) is 60.4 Å². The van der Waals surface area contributed by atoms with E-state index in [1.54, 1.807) is 0 Å². The van der Waals surface area contributed by atoms with Crippen LogP contribution in [0.2, 0.25) is 0 Å². The van der Waals surface area contributed by atoms with E-state index < -0.39 is 5.41 Å². The molecular formula is C20H30ClN3O2. The lowest BCUT2D eigenvalue weighted by Gasteiger charge is -2.43. The fraction of sp³-hybridized carbons (Fsp3) is 0.600. The molecule has 2 fully saturated rings. The Bertz CT molecular complexity index is 645. The van der Waals surface area contributed by atoms with Crippen molar-refractivity contribution in [1.82, 2.24) is 15.1 Å². The maximum absolute atomic E-state index is 13.2. The number of likely N-dealkylation sites (tertiary alicyclic amines) is 1. The van der Waals surface area contributed by atoms with E-state index in [-0.39, 0.29) is 30.3 Å². The number of piperazine rings is 1. The zero-order valence-corrected chi connectivity index (χ0v) is 16.8. The predicted octanol–water partition coefficient (Wildman–Crippen LogP) is 2.12. The molecule has 1 unspecified atom stereocenters. The van der Waals surface area contributed by atoms with Crippen molar-refractivity contribution in [2.24, 2.45) is 0 Å². The van der Waals surface area contributed by atoms with E-state index in [1.165, 1.54) is 5.56 Å². The van der Waals surface area contributed by atoms with E-state index in [9.17, 15) is 9.59 Å². The molecule has 2 amide bonds. The summed E-state index contributed by atoms with van der Waals surface area (Å²) in [6.45, 7) is 9.49. The third-order valence-corrected chi connectivity index (χ3v) is 5.56. The van der Waals surface area contributed by atoms with Crippen LogP contribution in [0.15, 0.2) is 24.3 Å². The number of carbonyl (C=O) groups is 2. The topological polar surface area (TPSA) is 52.7 Å². The molecule has 2 heterocycles. The summed E-state index contributed by atoms with van der Waals surface area (Å²) in [5.74, 6) is 0.312. The molecule has 2 aliphatic heterocycles. The van der Waals surface area contributed by atoms with Gasteiger partial charge in [-0.2, -0.15) is 0 Å². The number of carbonyl (C=O) groups excluding carboxylic acids is 2. The quantitative estimate of drug-likeness (QED) is 0.875. The zero-order valence-electron chi connectivity index (χ0n) is 16.0. The molecule has 2 aliphatic rings. The molecule has 1 atom stereocenters. The van der Waals surface area contributed by atoms with Gasteiger partial charge in [0, 0.05) is 32.2 Å². The number of piperidine rings is 1. The van der Waals surface area contributed by atoms with Crippen LogP contribution in [0, 0.1) is 6.92 Å². The van der Waals surface area contributed by atoms with E-state index in [1.807, 2.05) is 23.6 Å². The van der Waals surface area contributed by atoms with Crippen molar-refractivity contribution in [2.45, 2.75) is 45.1 Å². The highest BCUT2D eigenvalue weighted by Gasteiger charge is 2.38. The maximum Gasteiger partial charge on any atom is 0.236 e. The van der Waals surface area contributed by atoms with Gasteiger partial charge in [0.1, 0.15) is 0 Å². The average Bonchev–Trinajstić information content (AvgIpc) is 2.62. The summed E-state index contributed by atoms with van der Waals surface area (Å²) in [5, 5.41) is 3.12. The largest absolute Gasteiger partial charge is 0.340 e. The normalized spacial score (nSPS) is 21.3. The number of rotatable bonds is 3. The second-order valence-electron chi connectivity index (χ2n) is 7.80. The van der Waals surface area contributed by atoms with Crippen molar-refractivity contribution in [1.29, 1.82) is 0 Å². The van der Waals surface area contributed by atoms with Crippen LogP contribution in [0.4, 0.5) is 0 Å². The van der Waals surface area contributed by atoms with E-state index in [4.69, 9.17) is 0 Å². The lowest BCUT2D eigenvalue weighted by Crippen LogP contribution is -2.58. The lowest BCUT2D eigenvalue weighted by molar-refractivity contribution is -0.143. The number of halogens is 1. The molecule has 0 radical (unpaired) electrons. The third-order valence-electron chi connectivity index (χ3n) is 5.56. The number of benzene rings is 1. The van der Waals surface area contributed by atoms with Crippen LogP contribution in [0.1, 0.15) is 37.8 Å². The molecule has 26 heavy (non-hydrogen) atoms. The van der Waals surface area contributed by atoms with Crippen LogP contribution in [0.3, 0.4) is 0 Å². The number of hydrogen-bond donors (Lipinski definition) is 1. The Morgan fingerprint density at radius 1 is 1.19 bits per heavy atom. The first-order chi connectivity index (χ1) is 11.9. The Labute approximate surface area is 162 Å². The Morgan fingerprint density at radius 2 is 1.88 bits per heavy atom. The number of nitrogens with zero attached hydrogens (tertiary/aromatic N) is 2. The molecule has 0 spiro atoms. The molecule has 6 heteroatoms. The molecular weight excluding hydrogens is 350 g/mol. The molecule has 5 nitrogen and oxygen atoms in total. The zero-order chi connectivity index (χ0) is 18.0. The maximum atomic E-state index is 13.2. The summed E-state index contributed by atoms with van der Waals surface area (Å²) in [5.41, 5.74) is 1.69. The van der Waals surface area contributed by atoms with Gasteiger partial charge in [0.2, 0.25) is 11.8 Å². The number of hydrogen-bond acceptors (Lipinski definition) is 3. The van der Waals surface area contributed by atoms with E-state index in [0.717, 1.165) is 38.0 Å². The Balaban J connectivity index is 0.00000243. The molecule has 0 aromatic heterocycles. The predicted molar refractivity (Wildman–Crippen MR) is 106 cm³/mol. The van der Waals surface area contributed by atoms with Gasteiger partial charge in [-0.1, -0.05) is 29.8 Å². The molecule has 0 bridgehead atoms. The summed E-state index contributed by atoms with van der Waals surface area (Å²) in [6, 6.07) is 8.37. The molecule has 2 saturated heterocycles. The van der Waals surface area contributed by atoms with Gasteiger partial charge in [-0.3, -0.25) is 9.59 Å². The van der Waals surface area contributed by atoms with Gasteiger partial charge in [0.25, 0.3) is 0 Å². The average molecular weight is 380 g/mol. The molecule has 1 aromatic rings. The van der Waals surface area contributed by atoms with Gasteiger partial charge in [-0.25, -0.2) is 0 Å². The van der Waals surface area contributed by atoms with Gasteiger partial charge in [-0.05, 0) is 39.2 Å². The van der Waals surface area contributed by atoms with Gasteiger partial charge in [-0.15, -0.1) is 12.4 Å². The SMILES string of the molecule is Cc1ccc(C(C)(C)C(=O)N2CCCC(N3CCNCC3=O)C2)cc1.Cl. The molecule has 144 valence electrons. The third kappa shape index (κ3) is 4.21. The second-order valence-corrected chi connectivity index (χ2v) is 7.80. The van der Waals surface area contributed by atoms with Crippen molar-refractivity contribution in [2.75, 3.05) is 32.7 Å². The summed E-state index contributed by atoms with van der Waals surface area (Å²) < 4.78 is 0. The first-order valence-electron chi connectivity index (χ1n) is 9.26. The Morgan fingerprint density at radius 3 is 2.54 bits per heavy atom. The van der Waals surface area contributed by atoms with Gasteiger partial charge >= 0.3 is 0 Å².